The number of carboxylic acid groups (broad SMARTS) is 1. The molecule has 0 radical (unpaired) electrons. The van der Waals surface area contributed by atoms with Crippen LogP contribution in [0.2, 0.25) is 10.0 Å². The first-order chi connectivity index (χ1) is 9.15. The molecule has 0 aliphatic heterocycles. The summed E-state index contributed by atoms with van der Waals surface area (Å²) in [6.07, 6.45) is 0. The molecule has 1 rings (SSSR count). The molecule has 0 spiro atoms. The number of carbonyl (C=O) groups is 2. The third-order valence-electron chi connectivity index (χ3n) is 3.12. The lowest BCUT2D eigenvalue weighted by molar-refractivity contribution is -0.146. The molecule has 0 saturated heterocycles. The molecule has 2 N–H and O–H groups in total. The van der Waals surface area contributed by atoms with Gasteiger partial charge in [-0.1, -0.05) is 29.3 Å². The van der Waals surface area contributed by atoms with Crippen LogP contribution in [0.5, 0.6) is 0 Å². The summed E-state index contributed by atoms with van der Waals surface area (Å²) < 4.78 is 0. The lowest BCUT2D eigenvalue weighted by Crippen LogP contribution is -2.40. The Labute approximate surface area is 128 Å². The maximum Gasteiger partial charge on any atom is 0.310 e. The van der Waals surface area contributed by atoms with Crippen molar-refractivity contribution in [1.82, 2.24) is 5.32 Å². The van der Waals surface area contributed by atoms with E-state index in [2.05, 4.69) is 5.32 Å². The summed E-state index contributed by atoms with van der Waals surface area (Å²) in [6, 6.07) is 4.99. The van der Waals surface area contributed by atoms with Crippen LogP contribution >= 0.6 is 23.2 Å². The summed E-state index contributed by atoms with van der Waals surface area (Å²) in [7, 11) is 0. The van der Waals surface area contributed by atoms with Gasteiger partial charge in [-0.3, -0.25) is 9.59 Å². The fourth-order valence-electron chi connectivity index (χ4n) is 1.47. The van der Waals surface area contributed by atoms with Gasteiger partial charge in [-0.25, -0.2) is 0 Å². The van der Waals surface area contributed by atoms with E-state index in [4.69, 9.17) is 28.3 Å². The summed E-state index contributed by atoms with van der Waals surface area (Å²) in [6.45, 7) is 4.90. The zero-order valence-corrected chi connectivity index (χ0v) is 13.0. The lowest BCUT2D eigenvalue weighted by atomic mass is 9.93. The van der Waals surface area contributed by atoms with E-state index in [0.29, 0.717) is 10.0 Å². The highest BCUT2D eigenvalue weighted by molar-refractivity contribution is 6.42. The lowest BCUT2D eigenvalue weighted by Gasteiger charge is -2.21. The molecule has 0 aromatic heterocycles. The fraction of sp³-hybridized carbons (Fsp3) is 0.429. The van der Waals surface area contributed by atoms with Gasteiger partial charge in [0.05, 0.1) is 21.4 Å². The molecule has 1 atom stereocenters. The summed E-state index contributed by atoms with van der Waals surface area (Å²) in [4.78, 5) is 23.0. The minimum absolute atomic E-state index is 0.0623. The molecule has 6 heteroatoms. The average Bonchev–Trinajstić information content (AvgIpc) is 2.38. The molecule has 110 valence electrons. The molecule has 0 fully saturated rings. The van der Waals surface area contributed by atoms with Gasteiger partial charge in [-0.15, -0.1) is 0 Å². The van der Waals surface area contributed by atoms with Crippen LogP contribution in [0.4, 0.5) is 0 Å². The Kier molecular flexibility index (Phi) is 5.42. The highest BCUT2D eigenvalue weighted by atomic mass is 35.5. The van der Waals surface area contributed by atoms with Gasteiger partial charge in [0, 0.05) is 6.54 Å². The Bertz CT molecular complexity index is 529. The number of hydrogen-bond acceptors (Lipinski definition) is 2. The number of benzene rings is 1. The first-order valence-electron chi connectivity index (χ1n) is 6.11. The number of amides is 1. The van der Waals surface area contributed by atoms with E-state index in [0.717, 1.165) is 5.56 Å². The Morgan fingerprint density at radius 1 is 1.30 bits per heavy atom. The number of carboxylic acids is 1. The predicted octanol–water partition coefficient (Wildman–Crippen LogP) is 3.32. The van der Waals surface area contributed by atoms with Crippen LogP contribution in [-0.4, -0.2) is 23.5 Å². The van der Waals surface area contributed by atoms with Gasteiger partial charge in [0.2, 0.25) is 5.91 Å². The molecule has 1 aromatic rings. The average molecular weight is 318 g/mol. The molecular formula is C14H17Cl2NO3. The number of nitrogens with one attached hydrogen (secondary N) is 1. The Morgan fingerprint density at radius 2 is 1.90 bits per heavy atom. The highest BCUT2D eigenvalue weighted by Gasteiger charge is 2.28. The van der Waals surface area contributed by atoms with Crippen LogP contribution in [0.25, 0.3) is 0 Å². The van der Waals surface area contributed by atoms with Crippen molar-refractivity contribution in [2.45, 2.75) is 26.7 Å². The van der Waals surface area contributed by atoms with Gasteiger partial charge in [0.15, 0.2) is 0 Å². The molecular weight excluding hydrogens is 301 g/mol. The topological polar surface area (TPSA) is 66.4 Å². The number of carbonyl (C=O) groups excluding carboxylic acids is 1. The molecule has 20 heavy (non-hydrogen) atoms. The maximum absolute atomic E-state index is 12.0. The van der Waals surface area contributed by atoms with Crippen molar-refractivity contribution in [3.05, 3.63) is 33.8 Å². The van der Waals surface area contributed by atoms with Gasteiger partial charge in [-0.2, -0.15) is 0 Å². The van der Waals surface area contributed by atoms with E-state index in [1.54, 1.807) is 39.0 Å². The van der Waals surface area contributed by atoms with Crippen LogP contribution in [0.3, 0.4) is 0 Å². The van der Waals surface area contributed by atoms with Crippen molar-refractivity contribution >= 4 is 35.1 Å². The minimum atomic E-state index is -1.01. The van der Waals surface area contributed by atoms with E-state index < -0.39 is 17.3 Å². The zero-order valence-electron chi connectivity index (χ0n) is 11.5. The van der Waals surface area contributed by atoms with Crippen LogP contribution in [0.15, 0.2) is 18.2 Å². The number of halogens is 2. The van der Waals surface area contributed by atoms with Crippen molar-refractivity contribution in [3.63, 3.8) is 0 Å². The summed E-state index contributed by atoms with van der Waals surface area (Å²) >= 11 is 11.7. The van der Waals surface area contributed by atoms with Crippen LogP contribution in [-0.2, 0) is 9.59 Å². The van der Waals surface area contributed by atoms with E-state index in [1.807, 2.05) is 0 Å². The SMILES string of the molecule is CC(C(=O)NCC(C)(C)C(=O)O)c1ccc(Cl)c(Cl)c1. The third kappa shape index (κ3) is 4.12. The number of hydrogen-bond donors (Lipinski definition) is 2. The number of rotatable bonds is 5. The first-order valence-corrected chi connectivity index (χ1v) is 6.87. The molecule has 1 unspecified atom stereocenters. The molecule has 0 bridgehead atoms. The molecule has 1 amide bonds. The Morgan fingerprint density at radius 3 is 2.40 bits per heavy atom. The van der Waals surface area contributed by atoms with Gasteiger partial charge in [0.1, 0.15) is 0 Å². The monoisotopic (exact) mass is 317 g/mol. The quantitative estimate of drug-likeness (QED) is 0.875. The van der Waals surface area contributed by atoms with Crippen molar-refractivity contribution in [2.75, 3.05) is 6.54 Å². The van der Waals surface area contributed by atoms with Crippen LogP contribution in [0.1, 0.15) is 32.3 Å². The maximum atomic E-state index is 12.0. The fourth-order valence-corrected chi connectivity index (χ4v) is 1.78. The molecule has 1 aromatic carbocycles. The van der Waals surface area contributed by atoms with Crippen molar-refractivity contribution < 1.29 is 14.7 Å². The normalized spacial score (nSPS) is 12.8. The number of aliphatic carboxylic acids is 1. The van der Waals surface area contributed by atoms with Crippen molar-refractivity contribution in [1.29, 1.82) is 0 Å². The van der Waals surface area contributed by atoms with E-state index >= 15 is 0 Å². The standard InChI is InChI=1S/C14H17Cl2NO3/c1-8(9-4-5-10(15)11(16)6-9)12(18)17-7-14(2,3)13(19)20/h4-6,8H,7H2,1-3H3,(H,17,18)(H,19,20). The summed E-state index contributed by atoms with van der Waals surface area (Å²) in [5.74, 6) is -1.65. The zero-order chi connectivity index (χ0) is 15.5. The second kappa shape index (κ2) is 6.46. The summed E-state index contributed by atoms with van der Waals surface area (Å²) in [5, 5.41) is 12.4. The third-order valence-corrected chi connectivity index (χ3v) is 3.86. The van der Waals surface area contributed by atoms with Crippen LogP contribution < -0.4 is 5.32 Å². The predicted molar refractivity (Wildman–Crippen MR) is 79.3 cm³/mol. The van der Waals surface area contributed by atoms with Gasteiger partial charge in [-0.05, 0) is 38.5 Å². The molecule has 0 saturated carbocycles. The molecule has 4 nitrogen and oxygen atoms in total. The van der Waals surface area contributed by atoms with E-state index in [9.17, 15) is 9.59 Å². The Balaban J connectivity index is 2.72. The Hall–Kier alpha value is -1.26. The van der Waals surface area contributed by atoms with Gasteiger partial charge < -0.3 is 10.4 Å². The smallest absolute Gasteiger partial charge is 0.310 e. The first kappa shape index (κ1) is 16.8. The van der Waals surface area contributed by atoms with E-state index in [-0.39, 0.29) is 12.5 Å². The van der Waals surface area contributed by atoms with E-state index in [1.165, 1.54) is 0 Å². The summed E-state index contributed by atoms with van der Waals surface area (Å²) in [5.41, 5.74) is -0.280. The minimum Gasteiger partial charge on any atom is -0.481 e. The van der Waals surface area contributed by atoms with Crippen LogP contribution in [0, 0.1) is 5.41 Å². The molecule has 0 aliphatic rings. The second-order valence-electron chi connectivity index (χ2n) is 5.30. The van der Waals surface area contributed by atoms with Crippen molar-refractivity contribution in [2.24, 2.45) is 5.41 Å². The highest BCUT2D eigenvalue weighted by Crippen LogP contribution is 2.26. The largest absolute Gasteiger partial charge is 0.481 e. The van der Waals surface area contributed by atoms with Gasteiger partial charge in [0.25, 0.3) is 0 Å². The van der Waals surface area contributed by atoms with Crippen molar-refractivity contribution in [3.8, 4) is 0 Å². The second-order valence-corrected chi connectivity index (χ2v) is 6.12. The molecule has 0 heterocycles. The molecule has 0 aliphatic carbocycles. The van der Waals surface area contributed by atoms with Gasteiger partial charge >= 0.3 is 5.97 Å².